The van der Waals surface area contributed by atoms with Crippen LogP contribution in [0.15, 0.2) is 72.1 Å². The van der Waals surface area contributed by atoms with Gasteiger partial charge in [-0.15, -0.1) is 0 Å². The molecule has 4 aromatic rings. The highest BCUT2D eigenvalue weighted by atomic mass is 15.1. The molecule has 6 nitrogen and oxygen atoms in total. The maximum Gasteiger partial charge on any atom is 0.180 e. The summed E-state index contributed by atoms with van der Waals surface area (Å²) in [6.07, 6.45) is 5.73. The summed E-state index contributed by atoms with van der Waals surface area (Å²) in [7, 11) is 3.64. The Morgan fingerprint density at radius 1 is 1.07 bits per heavy atom. The van der Waals surface area contributed by atoms with Crippen molar-refractivity contribution in [1.82, 2.24) is 19.7 Å². The van der Waals surface area contributed by atoms with Gasteiger partial charge in [-0.2, -0.15) is 0 Å². The van der Waals surface area contributed by atoms with Gasteiger partial charge in [-0.25, -0.2) is 9.97 Å². The van der Waals surface area contributed by atoms with E-state index in [4.69, 9.17) is 4.98 Å². The molecular formula is C22H22N6. The van der Waals surface area contributed by atoms with Crippen LogP contribution in [0.3, 0.4) is 0 Å². The van der Waals surface area contributed by atoms with Gasteiger partial charge in [0.05, 0.1) is 5.69 Å². The Balaban J connectivity index is 1.73. The third kappa shape index (κ3) is 3.32. The van der Waals surface area contributed by atoms with Crippen molar-refractivity contribution in [2.45, 2.75) is 6.92 Å². The minimum atomic E-state index is 0.719. The van der Waals surface area contributed by atoms with Crippen LogP contribution < -0.4 is 10.6 Å². The van der Waals surface area contributed by atoms with Crippen molar-refractivity contribution in [1.29, 1.82) is 0 Å². The highest BCUT2D eigenvalue weighted by molar-refractivity contribution is 5.98. The van der Waals surface area contributed by atoms with Crippen molar-refractivity contribution >= 4 is 23.0 Å². The van der Waals surface area contributed by atoms with Crippen LogP contribution in [0, 0.1) is 6.92 Å². The smallest absolute Gasteiger partial charge is 0.180 e. The number of amidine groups is 1. The molecule has 2 N–H and O–H groups in total. The van der Waals surface area contributed by atoms with Crippen LogP contribution >= 0.6 is 0 Å². The fraction of sp³-hybridized carbons (Fsp3) is 0.136. The fourth-order valence-corrected chi connectivity index (χ4v) is 3.24. The molecule has 0 aliphatic rings. The van der Waals surface area contributed by atoms with E-state index in [1.54, 1.807) is 13.2 Å². The first-order valence-electron chi connectivity index (χ1n) is 9.11. The molecule has 0 spiro atoms. The molecule has 0 radical (unpaired) electrons. The number of anilines is 2. The van der Waals surface area contributed by atoms with Crippen LogP contribution in [-0.4, -0.2) is 34.3 Å². The predicted octanol–water partition coefficient (Wildman–Crippen LogP) is 4.04. The quantitative estimate of drug-likeness (QED) is 0.420. The number of imidazole rings is 1. The van der Waals surface area contributed by atoms with E-state index in [1.807, 2.05) is 60.2 Å². The third-order valence-electron chi connectivity index (χ3n) is 4.68. The predicted molar refractivity (Wildman–Crippen MR) is 114 cm³/mol. The van der Waals surface area contributed by atoms with Crippen LogP contribution in [0.5, 0.6) is 0 Å². The molecule has 0 unspecified atom stereocenters. The maximum atomic E-state index is 4.86. The minimum Gasteiger partial charge on any atom is -0.373 e. The van der Waals surface area contributed by atoms with E-state index < -0.39 is 0 Å². The standard InChI is InChI=1S/C22H22N6/c1-15-6-4-5-7-18(15)19-14-28-13-12-25-22(28)21(27-19)26-17-10-8-16(9-11-17)20(23-2)24-3/h4-14H,1-3H3,(H,23,24)(H,26,27). The van der Waals surface area contributed by atoms with Gasteiger partial charge in [0.1, 0.15) is 5.84 Å². The van der Waals surface area contributed by atoms with Crippen molar-refractivity contribution in [2.24, 2.45) is 4.99 Å². The highest BCUT2D eigenvalue weighted by Crippen LogP contribution is 2.26. The Hall–Kier alpha value is -3.67. The first-order valence-corrected chi connectivity index (χ1v) is 9.11. The van der Waals surface area contributed by atoms with Gasteiger partial charge in [0.25, 0.3) is 0 Å². The summed E-state index contributed by atoms with van der Waals surface area (Å²) in [5.41, 5.74) is 5.95. The summed E-state index contributed by atoms with van der Waals surface area (Å²) in [5, 5.41) is 6.50. The molecule has 4 rings (SSSR count). The second kappa shape index (κ2) is 7.52. The van der Waals surface area contributed by atoms with Gasteiger partial charge in [-0.05, 0) is 36.8 Å². The first kappa shape index (κ1) is 17.7. The van der Waals surface area contributed by atoms with E-state index in [0.717, 1.165) is 39.8 Å². The monoisotopic (exact) mass is 370 g/mol. The van der Waals surface area contributed by atoms with Crippen molar-refractivity contribution in [3.63, 3.8) is 0 Å². The number of nitrogens with one attached hydrogen (secondary N) is 2. The molecular weight excluding hydrogens is 348 g/mol. The molecule has 140 valence electrons. The van der Waals surface area contributed by atoms with Crippen LogP contribution in [0.4, 0.5) is 11.5 Å². The molecule has 0 fully saturated rings. The van der Waals surface area contributed by atoms with Crippen molar-refractivity contribution in [3.05, 3.63) is 78.2 Å². The number of aryl methyl sites for hydroxylation is 1. The summed E-state index contributed by atoms with van der Waals surface area (Å²) in [6.45, 7) is 2.09. The zero-order chi connectivity index (χ0) is 19.5. The van der Waals surface area contributed by atoms with Gasteiger partial charge in [0, 0.05) is 49.5 Å². The highest BCUT2D eigenvalue weighted by Gasteiger charge is 2.11. The molecule has 0 saturated heterocycles. The lowest BCUT2D eigenvalue weighted by molar-refractivity contribution is 1.13. The number of rotatable bonds is 4. The number of benzene rings is 2. The molecule has 2 aromatic heterocycles. The Labute approximate surface area is 164 Å². The molecule has 0 saturated carbocycles. The lowest BCUT2D eigenvalue weighted by Gasteiger charge is -2.12. The second-order valence-electron chi connectivity index (χ2n) is 6.47. The van der Waals surface area contributed by atoms with E-state index in [2.05, 4.69) is 39.7 Å². The summed E-state index contributed by atoms with van der Waals surface area (Å²) in [4.78, 5) is 13.5. The zero-order valence-corrected chi connectivity index (χ0v) is 16.1. The summed E-state index contributed by atoms with van der Waals surface area (Å²) >= 11 is 0. The van der Waals surface area contributed by atoms with E-state index in [-0.39, 0.29) is 0 Å². The summed E-state index contributed by atoms with van der Waals surface area (Å²) in [6, 6.07) is 16.3. The van der Waals surface area contributed by atoms with Gasteiger partial charge in [-0.1, -0.05) is 24.3 Å². The Morgan fingerprint density at radius 3 is 2.57 bits per heavy atom. The van der Waals surface area contributed by atoms with Crippen LogP contribution in [-0.2, 0) is 0 Å². The fourth-order valence-electron chi connectivity index (χ4n) is 3.24. The van der Waals surface area contributed by atoms with Crippen LogP contribution in [0.1, 0.15) is 11.1 Å². The molecule has 0 amide bonds. The Morgan fingerprint density at radius 2 is 1.86 bits per heavy atom. The normalized spacial score (nSPS) is 11.6. The average molecular weight is 370 g/mol. The van der Waals surface area contributed by atoms with E-state index in [0.29, 0.717) is 0 Å². The number of fused-ring (bicyclic) bond motifs is 1. The summed E-state index contributed by atoms with van der Waals surface area (Å²) < 4.78 is 1.99. The number of aromatic nitrogens is 3. The molecule has 2 heterocycles. The zero-order valence-electron chi connectivity index (χ0n) is 16.1. The topological polar surface area (TPSA) is 66.6 Å². The van der Waals surface area contributed by atoms with Crippen molar-refractivity contribution in [2.75, 3.05) is 19.4 Å². The number of nitrogens with zero attached hydrogens (tertiary/aromatic N) is 4. The SMILES string of the molecule is CN=C(NC)c1ccc(Nc2nc(-c3ccccc3C)cn3ccnc23)cc1. The van der Waals surface area contributed by atoms with Crippen LogP contribution in [0.25, 0.3) is 16.9 Å². The Bertz CT molecular complexity index is 1140. The first-order chi connectivity index (χ1) is 13.7. The molecule has 0 bridgehead atoms. The molecule has 28 heavy (non-hydrogen) atoms. The number of aliphatic imine (C=N–C) groups is 1. The van der Waals surface area contributed by atoms with Gasteiger partial charge in [-0.3, -0.25) is 4.99 Å². The molecule has 0 atom stereocenters. The van der Waals surface area contributed by atoms with Gasteiger partial charge >= 0.3 is 0 Å². The second-order valence-corrected chi connectivity index (χ2v) is 6.47. The van der Waals surface area contributed by atoms with Crippen molar-refractivity contribution in [3.8, 4) is 11.3 Å². The van der Waals surface area contributed by atoms with E-state index in [9.17, 15) is 0 Å². The molecule has 2 aromatic carbocycles. The average Bonchev–Trinajstić information content (AvgIpc) is 3.19. The largest absolute Gasteiger partial charge is 0.373 e. The molecule has 0 aliphatic carbocycles. The number of hydrogen-bond acceptors (Lipinski definition) is 4. The number of hydrogen-bond donors (Lipinski definition) is 2. The van der Waals surface area contributed by atoms with Crippen LogP contribution in [0.2, 0.25) is 0 Å². The lowest BCUT2D eigenvalue weighted by atomic mass is 10.1. The lowest BCUT2D eigenvalue weighted by Crippen LogP contribution is -2.19. The van der Waals surface area contributed by atoms with Crippen molar-refractivity contribution < 1.29 is 0 Å². The van der Waals surface area contributed by atoms with Gasteiger partial charge in [0.2, 0.25) is 0 Å². The summed E-state index contributed by atoms with van der Waals surface area (Å²) in [5.74, 6) is 1.57. The maximum absolute atomic E-state index is 4.86. The Kier molecular flexibility index (Phi) is 4.76. The third-order valence-corrected chi connectivity index (χ3v) is 4.68. The molecule has 6 heteroatoms. The van der Waals surface area contributed by atoms with E-state index in [1.165, 1.54) is 5.56 Å². The van der Waals surface area contributed by atoms with E-state index >= 15 is 0 Å². The van der Waals surface area contributed by atoms with Gasteiger partial charge in [0.15, 0.2) is 11.5 Å². The minimum absolute atomic E-state index is 0.719. The molecule has 0 aliphatic heterocycles. The van der Waals surface area contributed by atoms with Gasteiger partial charge < -0.3 is 15.0 Å².